The van der Waals surface area contributed by atoms with Crippen LogP contribution in [0.1, 0.15) is 104 Å². The van der Waals surface area contributed by atoms with Crippen molar-refractivity contribution in [2.24, 2.45) is 27.1 Å². The maximum Gasteiger partial charge on any atom is 0.155 e. The highest BCUT2D eigenvalue weighted by Gasteiger charge is 2.41. The topological polar surface area (TPSA) is 101 Å². The Morgan fingerprint density at radius 2 is 1.49 bits per heavy atom. The molecule has 1 saturated carbocycles. The molecule has 2 aliphatic rings. The van der Waals surface area contributed by atoms with Crippen molar-refractivity contribution < 1.29 is 5.11 Å². The average Bonchev–Trinajstić information content (AvgIpc) is 3.54. The number of unbranched alkanes of at least 4 members (excludes halogenated alkanes) is 1. The van der Waals surface area contributed by atoms with Gasteiger partial charge in [0.05, 0.1) is 12.3 Å². The Balaban J connectivity index is 1.21. The van der Waals surface area contributed by atoms with Gasteiger partial charge in [-0.3, -0.25) is 0 Å². The molecule has 1 fully saturated rings. The molecular formula is C49H53ClN6O. The molecule has 0 aliphatic heterocycles. The quantitative estimate of drug-likeness (QED) is 0.0386. The van der Waals surface area contributed by atoms with Crippen molar-refractivity contribution in [3.05, 3.63) is 184 Å². The first-order valence-corrected chi connectivity index (χ1v) is 20.9. The molecule has 1 heterocycles. The van der Waals surface area contributed by atoms with E-state index in [0.717, 1.165) is 58.5 Å². The number of halogens is 1. The van der Waals surface area contributed by atoms with Crippen LogP contribution in [0.5, 0.6) is 0 Å². The van der Waals surface area contributed by atoms with Crippen molar-refractivity contribution in [3.8, 4) is 11.1 Å². The number of allylic oxidation sites excluding steroid dienone is 4. The second-order valence-corrected chi connectivity index (χ2v) is 15.5. The van der Waals surface area contributed by atoms with Crippen LogP contribution in [0, 0.1) is 5.92 Å². The standard InChI is InChI=1S/C49H53ClN6O/c1-2-3-25-46-52-47(50)45(35-57)56(46)34-36-26-28-39(29-27-36)43-23-15-16-24-44(43)48(51)53-55-54-49(41-21-13-8-14-22-41,40-19-11-6-7-12-20-40)42-32-30-38(31-33-42)37-17-9-4-5-10-18-37/h6-8,11-16,19-24,26-33,37,40,57H,2-5,9-10,17-18,25,34-35H2,1H3,(H2,51,53,54). The van der Waals surface area contributed by atoms with Gasteiger partial charge in [0.15, 0.2) is 11.0 Å². The Morgan fingerprint density at radius 1 is 0.825 bits per heavy atom. The number of hydrogen-bond donors (Lipinski definition) is 2. The lowest BCUT2D eigenvalue weighted by Crippen LogP contribution is -2.32. The lowest BCUT2D eigenvalue weighted by atomic mass is 9.73. The lowest BCUT2D eigenvalue weighted by molar-refractivity contribution is 0.271. The SMILES string of the molecule is CCCCc1nc(Cl)c(CO)n1Cc1ccc(-c2ccccc2/C(N)=N/N=NC(c2ccccc2)(c2ccc(C3CCCCCC3)cc2)C2C=CC=CC=C2)cc1. The van der Waals surface area contributed by atoms with E-state index in [-0.39, 0.29) is 18.4 Å². The molecule has 3 N–H and O–H groups in total. The van der Waals surface area contributed by atoms with E-state index in [1.54, 1.807) is 0 Å². The minimum atomic E-state index is -0.896. The van der Waals surface area contributed by atoms with E-state index >= 15 is 0 Å². The van der Waals surface area contributed by atoms with Crippen molar-refractivity contribution in [1.82, 2.24) is 9.55 Å². The Morgan fingerprint density at radius 3 is 2.18 bits per heavy atom. The molecular weight excluding hydrogens is 724 g/mol. The van der Waals surface area contributed by atoms with Gasteiger partial charge in [-0.25, -0.2) is 4.98 Å². The molecule has 4 aromatic carbocycles. The number of nitrogens with zero attached hydrogens (tertiary/aromatic N) is 5. The van der Waals surface area contributed by atoms with Crippen LogP contribution >= 0.6 is 11.6 Å². The van der Waals surface area contributed by atoms with Crippen LogP contribution in [0.15, 0.2) is 155 Å². The summed E-state index contributed by atoms with van der Waals surface area (Å²) in [5.74, 6) is 1.62. The maximum atomic E-state index is 10.1. The minimum absolute atomic E-state index is 0.140. The van der Waals surface area contributed by atoms with E-state index in [4.69, 9.17) is 22.4 Å². The zero-order chi connectivity index (χ0) is 39.5. The Bertz CT molecular complexity index is 2210. The van der Waals surface area contributed by atoms with E-state index in [1.165, 1.54) is 44.1 Å². The summed E-state index contributed by atoms with van der Waals surface area (Å²) in [6.45, 7) is 2.55. The first kappa shape index (κ1) is 39.8. The van der Waals surface area contributed by atoms with Crippen LogP contribution in [0.2, 0.25) is 5.15 Å². The molecule has 0 amide bonds. The van der Waals surface area contributed by atoms with E-state index in [0.29, 0.717) is 23.3 Å². The van der Waals surface area contributed by atoms with Gasteiger partial charge in [0.25, 0.3) is 0 Å². The van der Waals surface area contributed by atoms with Gasteiger partial charge in [-0.05, 0) is 63.8 Å². The number of amidine groups is 1. The van der Waals surface area contributed by atoms with Gasteiger partial charge >= 0.3 is 0 Å². The number of hydrogen-bond acceptors (Lipinski definition) is 4. The van der Waals surface area contributed by atoms with Crippen molar-refractivity contribution in [2.45, 2.75) is 89.3 Å². The fourth-order valence-electron chi connectivity index (χ4n) is 8.38. The predicted molar refractivity (Wildman–Crippen MR) is 233 cm³/mol. The summed E-state index contributed by atoms with van der Waals surface area (Å²) in [5, 5.41) is 24.8. The normalized spacial score (nSPS) is 16.5. The van der Waals surface area contributed by atoms with Crippen LogP contribution in [0.3, 0.4) is 0 Å². The number of aliphatic hydroxyl groups is 1. The summed E-state index contributed by atoms with van der Waals surface area (Å²) in [5.41, 5.74) is 13.8. The third kappa shape index (κ3) is 9.11. The first-order chi connectivity index (χ1) is 28.0. The lowest BCUT2D eigenvalue weighted by Gasteiger charge is -2.34. The molecule has 2 aliphatic carbocycles. The number of rotatable bonds is 14. The van der Waals surface area contributed by atoms with Gasteiger partial charge in [-0.15, -0.1) is 5.10 Å². The number of benzene rings is 4. The third-order valence-electron chi connectivity index (χ3n) is 11.5. The molecule has 1 aromatic heterocycles. The van der Waals surface area contributed by atoms with Crippen LogP contribution in [-0.4, -0.2) is 20.5 Å². The molecule has 1 unspecified atom stereocenters. The molecule has 7 rings (SSSR count). The molecule has 0 bridgehead atoms. The minimum Gasteiger partial charge on any atom is -0.390 e. The number of aliphatic hydroxyl groups excluding tert-OH is 1. The predicted octanol–water partition coefficient (Wildman–Crippen LogP) is 11.8. The monoisotopic (exact) mass is 776 g/mol. The molecule has 0 saturated heterocycles. The van der Waals surface area contributed by atoms with Gasteiger partial charge in [0.1, 0.15) is 11.4 Å². The van der Waals surface area contributed by atoms with Crippen molar-refractivity contribution >= 4 is 17.4 Å². The van der Waals surface area contributed by atoms with Gasteiger partial charge in [-0.1, -0.05) is 190 Å². The fourth-order valence-corrected chi connectivity index (χ4v) is 8.64. The number of aromatic nitrogens is 2. The molecule has 7 nitrogen and oxygen atoms in total. The molecule has 5 aromatic rings. The molecule has 0 radical (unpaired) electrons. The highest BCUT2D eigenvalue weighted by molar-refractivity contribution is 6.30. The summed E-state index contributed by atoms with van der Waals surface area (Å²) in [7, 11) is 0. The fraction of sp³-hybridized carbons (Fsp3) is 0.306. The van der Waals surface area contributed by atoms with Crippen molar-refractivity contribution in [3.63, 3.8) is 0 Å². The number of imidazole rings is 1. The largest absolute Gasteiger partial charge is 0.390 e. The zero-order valence-electron chi connectivity index (χ0n) is 32.9. The average molecular weight is 777 g/mol. The third-order valence-corrected chi connectivity index (χ3v) is 11.8. The molecule has 292 valence electrons. The number of nitrogens with two attached hydrogens (primary N) is 1. The van der Waals surface area contributed by atoms with Gasteiger partial charge in [0.2, 0.25) is 0 Å². The van der Waals surface area contributed by atoms with Crippen LogP contribution in [0.4, 0.5) is 0 Å². The smallest absolute Gasteiger partial charge is 0.155 e. The van der Waals surface area contributed by atoms with Crippen molar-refractivity contribution in [2.75, 3.05) is 0 Å². The van der Waals surface area contributed by atoms with E-state index in [2.05, 4.69) is 119 Å². The second kappa shape index (κ2) is 19.2. The van der Waals surface area contributed by atoms with Gasteiger partial charge < -0.3 is 15.4 Å². The maximum absolute atomic E-state index is 10.1. The van der Waals surface area contributed by atoms with Gasteiger partial charge in [-0.2, -0.15) is 5.11 Å². The van der Waals surface area contributed by atoms with E-state index < -0.39 is 5.54 Å². The van der Waals surface area contributed by atoms with Crippen molar-refractivity contribution in [1.29, 1.82) is 0 Å². The summed E-state index contributed by atoms with van der Waals surface area (Å²) in [4.78, 5) is 4.55. The highest BCUT2D eigenvalue weighted by atomic mass is 35.5. The summed E-state index contributed by atoms with van der Waals surface area (Å²) in [6.07, 6.45) is 23.2. The molecule has 8 heteroatoms. The number of aryl methyl sites for hydroxylation is 1. The summed E-state index contributed by atoms with van der Waals surface area (Å²) in [6, 6.07) is 35.8. The Hall–Kier alpha value is -5.37. The second-order valence-electron chi connectivity index (χ2n) is 15.2. The Labute approximate surface area is 342 Å². The van der Waals surface area contributed by atoms with E-state index in [1.807, 2.05) is 47.1 Å². The van der Waals surface area contributed by atoms with Crippen LogP contribution in [-0.2, 0) is 25.1 Å². The molecule has 1 atom stereocenters. The summed E-state index contributed by atoms with van der Waals surface area (Å²) >= 11 is 6.42. The highest BCUT2D eigenvalue weighted by Crippen LogP contribution is 2.44. The van der Waals surface area contributed by atoms with E-state index in [9.17, 15) is 5.11 Å². The van der Waals surface area contributed by atoms with Gasteiger partial charge in [0, 0.05) is 24.4 Å². The Kier molecular flexibility index (Phi) is 13.4. The molecule has 57 heavy (non-hydrogen) atoms. The molecule has 0 spiro atoms. The van der Waals surface area contributed by atoms with Crippen LogP contribution in [0.25, 0.3) is 11.1 Å². The zero-order valence-corrected chi connectivity index (χ0v) is 33.6. The van der Waals surface area contributed by atoms with Crippen LogP contribution < -0.4 is 5.73 Å². The summed E-state index contributed by atoms with van der Waals surface area (Å²) < 4.78 is 2.04. The first-order valence-electron chi connectivity index (χ1n) is 20.5.